The number of aliphatic hydroxyl groups is 1. The van der Waals surface area contributed by atoms with Crippen LogP contribution < -0.4 is 0 Å². The minimum Gasteiger partial charge on any atom is -0.458 e. The van der Waals surface area contributed by atoms with Crippen molar-refractivity contribution < 1.29 is 38.4 Å². The summed E-state index contributed by atoms with van der Waals surface area (Å²) in [6.07, 6.45) is 2.45. The van der Waals surface area contributed by atoms with Gasteiger partial charge in [-0.3, -0.25) is 19.1 Å². The summed E-state index contributed by atoms with van der Waals surface area (Å²) in [6.45, 7) is 18.5. The number of esters is 3. The summed E-state index contributed by atoms with van der Waals surface area (Å²) in [6, 6.07) is 0. The van der Waals surface area contributed by atoms with Crippen molar-refractivity contribution >= 4 is 17.9 Å². The van der Waals surface area contributed by atoms with Gasteiger partial charge in [0.1, 0.15) is 6.10 Å². The highest BCUT2D eigenvalue weighted by Gasteiger charge is 2.71. The standard InChI is InChI=1S/C29H42O8/c1-9-16(3)11-12-28(8)18(5)13-24(32)29-22(26(34-19(6)30)37-27(29)35-20(7)31)14-21(15-23(28)29)36-25(33)17(4)10-2/h9,14,17-18,21,23-24,26-27,32H,1,3,10-13,15H2,2,4-8H3/t17?,18-,21+,23+,24+,26-,27+,28-,29-/m1/s1. The molecule has 1 saturated heterocycles. The quantitative estimate of drug-likeness (QED) is 0.204. The Bertz CT molecular complexity index is 969. The Morgan fingerprint density at radius 1 is 1.22 bits per heavy atom. The van der Waals surface area contributed by atoms with Crippen LogP contribution in [0.5, 0.6) is 0 Å². The van der Waals surface area contributed by atoms with Crippen LogP contribution in [0.2, 0.25) is 0 Å². The van der Waals surface area contributed by atoms with Crippen molar-refractivity contribution in [2.24, 2.45) is 28.6 Å². The third kappa shape index (κ3) is 5.28. The van der Waals surface area contributed by atoms with E-state index < -0.39 is 47.6 Å². The lowest BCUT2D eigenvalue weighted by atomic mass is 9.45. The number of ether oxygens (including phenoxy) is 4. The van der Waals surface area contributed by atoms with Crippen molar-refractivity contribution in [3.63, 3.8) is 0 Å². The Hall–Kier alpha value is -2.45. The summed E-state index contributed by atoms with van der Waals surface area (Å²) < 4.78 is 23.2. The Labute approximate surface area is 220 Å². The van der Waals surface area contributed by atoms with Gasteiger partial charge in [0.2, 0.25) is 12.6 Å². The van der Waals surface area contributed by atoms with E-state index in [-0.39, 0.29) is 23.7 Å². The van der Waals surface area contributed by atoms with E-state index in [9.17, 15) is 19.5 Å². The second-order valence-corrected chi connectivity index (χ2v) is 11.2. The highest BCUT2D eigenvalue weighted by molar-refractivity contribution is 5.72. The van der Waals surface area contributed by atoms with Crippen molar-refractivity contribution in [3.8, 4) is 0 Å². The maximum atomic E-state index is 12.8. The van der Waals surface area contributed by atoms with Gasteiger partial charge < -0.3 is 19.3 Å². The molecule has 3 aliphatic rings. The van der Waals surface area contributed by atoms with Crippen molar-refractivity contribution in [2.45, 2.75) is 98.4 Å². The van der Waals surface area contributed by atoms with Crippen molar-refractivity contribution in [2.75, 3.05) is 0 Å². The van der Waals surface area contributed by atoms with Crippen molar-refractivity contribution in [1.29, 1.82) is 0 Å². The lowest BCUT2D eigenvalue weighted by molar-refractivity contribution is -0.254. The Balaban J connectivity index is 2.19. The molecule has 1 aliphatic heterocycles. The monoisotopic (exact) mass is 518 g/mol. The summed E-state index contributed by atoms with van der Waals surface area (Å²) in [7, 11) is 0. The van der Waals surface area contributed by atoms with Crippen LogP contribution in [0.15, 0.2) is 36.5 Å². The average Bonchev–Trinajstić information content (AvgIpc) is 3.12. The van der Waals surface area contributed by atoms with E-state index in [2.05, 4.69) is 27.0 Å². The zero-order valence-corrected chi connectivity index (χ0v) is 23.0. The molecule has 0 bridgehead atoms. The normalized spacial score (nSPS) is 37.3. The number of rotatable bonds is 9. The summed E-state index contributed by atoms with van der Waals surface area (Å²) in [5, 5.41) is 11.7. The number of aliphatic hydroxyl groups excluding tert-OH is 1. The zero-order chi connectivity index (χ0) is 27.7. The minimum absolute atomic E-state index is 0.0757. The van der Waals surface area contributed by atoms with E-state index in [0.29, 0.717) is 31.3 Å². The number of allylic oxidation sites excluding steroid dienone is 2. The molecule has 2 fully saturated rings. The highest BCUT2D eigenvalue weighted by Crippen LogP contribution is 2.67. The third-order valence-corrected chi connectivity index (χ3v) is 8.95. The fourth-order valence-corrected chi connectivity index (χ4v) is 6.45. The Kier molecular flexibility index (Phi) is 8.75. The molecular weight excluding hydrogens is 476 g/mol. The number of carbonyl (C=O) groups is 3. The molecule has 3 rings (SSSR count). The maximum absolute atomic E-state index is 12.8. The Morgan fingerprint density at radius 3 is 2.43 bits per heavy atom. The van der Waals surface area contributed by atoms with Crippen LogP contribution in [0.3, 0.4) is 0 Å². The van der Waals surface area contributed by atoms with Gasteiger partial charge in [-0.05, 0) is 55.4 Å². The first-order chi connectivity index (χ1) is 17.3. The molecular formula is C29H42O8. The van der Waals surface area contributed by atoms with Gasteiger partial charge in [0.05, 0.1) is 17.4 Å². The van der Waals surface area contributed by atoms with Gasteiger partial charge in [-0.2, -0.15) is 0 Å². The Morgan fingerprint density at radius 2 is 1.86 bits per heavy atom. The molecule has 0 radical (unpaired) electrons. The molecule has 1 N–H and O–H groups in total. The third-order valence-electron chi connectivity index (χ3n) is 8.95. The zero-order valence-electron chi connectivity index (χ0n) is 23.0. The molecule has 8 nitrogen and oxygen atoms in total. The number of hydrogen-bond acceptors (Lipinski definition) is 8. The fraction of sp³-hybridized carbons (Fsp3) is 0.690. The lowest BCUT2D eigenvalue weighted by Gasteiger charge is -2.60. The highest BCUT2D eigenvalue weighted by atomic mass is 16.8. The molecule has 0 aromatic carbocycles. The topological polar surface area (TPSA) is 108 Å². The molecule has 2 aliphatic carbocycles. The van der Waals surface area contributed by atoms with Crippen LogP contribution in [-0.2, 0) is 33.3 Å². The molecule has 206 valence electrons. The van der Waals surface area contributed by atoms with Gasteiger partial charge in [-0.15, -0.1) is 0 Å². The average molecular weight is 519 g/mol. The van der Waals surface area contributed by atoms with Gasteiger partial charge in [-0.25, -0.2) is 0 Å². The number of carbonyl (C=O) groups excluding carboxylic acids is 3. The molecule has 1 unspecified atom stereocenters. The van der Waals surface area contributed by atoms with Crippen LogP contribution in [0.1, 0.15) is 73.6 Å². The van der Waals surface area contributed by atoms with E-state index in [1.165, 1.54) is 13.8 Å². The van der Waals surface area contributed by atoms with Crippen LogP contribution in [-0.4, -0.2) is 47.8 Å². The first kappa shape index (κ1) is 29.1. The van der Waals surface area contributed by atoms with E-state index >= 15 is 0 Å². The maximum Gasteiger partial charge on any atom is 0.309 e. The van der Waals surface area contributed by atoms with Crippen LogP contribution in [0.25, 0.3) is 0 Å². The summed E-state index contributed by atoms with van der Waals surface area (Å²) >= 11 is 0. The predicted octanol–water partition coefficient (Wildman–Crippen LogP) is 4.62. The largest absolute Gasteiger partial charge is 0.458 e. The van der Waals surface area contributed by atoms with Crippen LogP contribution in [0.4, 0.5) is 0 Å². The lowest BCUT2D eigenvalue weighted by Crippen LogP contribution is -2.63. The van der Waals surface area contributed by atoms with Crippen LogP contribution in [0, 0.1) is 28.6 Å². The predicted molar refractivity (Wildman–Crippen MR) is 137 cm³/mol. The van der Waals surface area contributed by atoms with Gasteiger partial charge in [-0.1, -0.05) is 52.5 Å². The summed E-state index contributed by atoms with van der Waals surface area (Å²) in [5.74, 6) is -1.99. The van der Waals surface area contributed by atoms with Gasteiger partial charge in [0.25, 0.3) is 0 Å². The van der Waals surface area contributed by atoms with Gasteiger partial charge in [0.15, 0.2) is 0 Å². The first-order valence-corrected chi connectivity index (χ1v) is 13.2. The summed E-state index contributed by atoms with van der Waals surface area (Å²) in [4.78, 5) is 37.0. The molecule has 0 amide bonds. The summed E-state index contributed by atoms with van der Waals surface area (Å²) in [5.41, 5.74) is -0.169. The van der Waals surface area contributed by atoms with Gasteiger partial charge in [0, 0.05) is 19.4 Å². The first-order valence-electron chi connectivity index (χ1n) is 13.2. The second kappa shape index (κ2) is 11.1. The molecule has 37 heavy (non-hydrogen) atoms. The van der Waals surface area contributed by atoms with Crippen molar-refractivity contribution in [3.05, 3.63) is 36.5 Å². The van der Waals surface area contributed by atoms with E-state index in [4.69, 9.17) is 18.9 Å². The molecule has 9 atom stereocenters. The van der Waals surface area contributed by atoms with Crippen LogP contribution >= 0.6 is 0 Å². The second-order valence-electron chi connectivity index (χ2n) is 11.2. The molecule has 8 heteroatoms. The molecule has 1 saturated carbocycles. The van der Waals surface area contributed by atoms with E-state index in [0.717, 1.165) is 12.0 Å². The molecule has 0 aromatic heterocycles. The van der Waals surface area contributed by atoms with Crippen molar-refractivity contribution in [1.82, 2.24) is 0 Å². The van der Waals surface area contributed by atoms with E-state index in [1.807, 2.05) is 13.8 Å². The van der Waals surface area contributed by atoms with E-state index in [1.54, 1.807) is 12.2 Å². The molecule has 1 heterocycles. The minimum atomic E-state index is -1.18. The van der Waals surface area contributed by atoms with Gasteiger partial charge >= 0.3 is 17.9 Å². The smallest absolute Gasteiger partial charge is 0.309 e. The fourth-order valence-electron chi connectivity index (χ4n) is 6.45. The molecule has 1 spiro atoms. The SMILES string of the molecule is C=CC(=C)CC[C@]1(C)[C@H](C)C[C@H](O)[C@@]23C(=C[C@H](OC(=O)C(C)CC)C[C@@H]12)[C@H](OC(C)=O)O[C@@H]3OC(C)=O. The number of hydrogen-bond donors (Lipinski definition) is 1. The molecule has 0 aromatic rings.